The molecular formula is C16H20FN3O3. The monoisotopic (exact) mass is 321 g/mol. The van der Waals surface area contributed by atoms with Crippen LogP contribution in [0.1, 0.15) is 11.3 Å². The molecule has 3 N–H and O–H groups in total. The molecule has 6 nitrogen and oxygen atoms in total. The molecule has 23 heavy (non-hydrogen) atoms. The highest BCUT2D eigenvalue weighted by Gasteiger charge is 2.13. The lowest BCUT2D eigenvalue weighted by molar-refractivity contribution is -0.125. The first kappa shape index (κ1) is 17.0. The van der Waals surface area contributed by atoms with Crippen LogP contribution in [0.4, 0.5) is 4.39 Å². The number of nitrogens with one attached hydrogen (secondary N) is 3. The van der Waals surface area contributed by atoms with Crippen molar-refractivity contribution < 1.29 is 18.7 Å². The van der Waals surface area contributed by atoms with Gasteiger partial charge in [-0.15, -0.1) is 0 Å². The van der Waals surface area contributed by atoms with Crippen molar-refractivity contribution in [1.82, 2.24) is 15.6 Å². The molecule has 0 bridgehead atoms. The van der Waals surface area contributed by atoms with E-state index in [2.05, 4.69) is 15.6 Å². The first-order valence-electron chi connectivity index (χ1n) is 7.30. The Morgan fingerprint density at radius 1 is 1.26 bits per heavy atom. The normalized spacial score (nSPS) is 10.7. The second-order valence-corrected chi connectivity index (χ2v) is 5.21. The quantitative estimate of drug-likeness (QED) is 0.666. The molecule has 0 fully saturated rings. The molecule has 1 aromatic heterocycles. The van der Waals surface area contributed by atoms with E-state index in [9.17, 15) is 14.0 Å². The van der Waals surface area contributed by atoms with Gasteiger partial charge in [0, 0.05) is 30.3 Å². The fourth-order valence-corrected chi connectivity index (χ4v) is 2.34. The molecule has 124 valence electrons. The highest BCUT2D eigenvalue weighted by Crippen LogP contribution is 2.23. The third-order valence-electron chi connectivity index (χ3n) is 3.49. The van der Waals surface area contributed by atoms with Gasteiger partial charge in [-0.2, -0.15) is 0 Å². The largest absolute Gasteiger partial charge is 0.383 e. The molecule has 2 amide bonds. The van der Waals surface area contributed by atoms with E-state index >= 15 is 0 Å². The van der Waals surface area contributed by atoms with Crippen LogP contribution in [0.25, 0.3) is 10.9 Å². The van der Waals surface area contributed by atoms with Gasteiger partial charge in [0.05, 0.1) is 19.6 Å². The lowest BCUT2D eigenvalue weighted by Crippen LogP contribution is -2.38. The van der Waals surface area contributed by atoms with E-state index in [1.165, 1.54) is 12.1 Å². The summed E-state index contributed by atoms with van der Waals surface area (Å²) < 4.78 is 18.2. The molecule has 0 aliphatic rings. The number of rotatable bonds is 7. The van der Waals surface area contributed by atoms with Crippen molar-refractivity contribution >= 4 is 22.7 Å². The molecule has 0 saturated heterocycles. The minimum atomic E-state index is -0.351. The van der Waals surface area contributed by atoms with Gasteiger partial charge in [0.15, 0.2) is 0 Å². The molecule has 0 unspecified atom stereocenters. The van der Waals surface area contributed by atoms with E-state index in [4.69, 9.17) is 4.74 Å². The lowest BCUT2D eigenvalue weighted by Gasteiger charge is -2.07. The van der Waals surface area contributed by atoms with Crippen LogP contribution in [0, 0.1) is 12.7 Å². The van der Waals surface area contributed by atoms with Crippen LogP contribution < -0.4 is 10.6 Å². The number of hydrogen-bond donors (Lipinski definition) is 3. The van der Waals surface area contributed by atoms with E-state index in [1.54, 1.807) is 13.2 Å². The van der Waals surface area contributed by atoms with Crippen molar-refractivity contribution in [2.75, 3.05) is 26.8 Å². The minimum Gasteiger partial charge on any atom is -0.383 e. The van der Waals surface area contributed by atoms with Crippen LogP contribution in [0.3, 0.4) is 0 Å². The van der Waals surface area contributed by atoms with Crippen LogP contribution in [0.15, 0.2) is 18.2 Å². The smallest absolute Gasteiger partial charge is 0.239 e. The number of ether oxygens (including phenoxy) is 1. The molecule has 2 aromatic rings. The van der Waals surface area contributed by atoms with Crippen molar-refractivity contribution in [1.29, 1.82) is 0 Å². The molecule has 0 saturated carbocycles. The summed E-state index contributed by atoms with van der Waals surface area (Å²) in [6, 6.07) is 4.41. The molecule has 2 rings (SSSR count). The van der Waals surface area contributed by atoms with Gasteiger partial charge in [0.1, 0.15) is 5.82 Å². The summed E-state index contributed by atoms with van der Waals surface area (Å²) in [6.45, 7) is 2.54. The van der Waals surface area contributed by atoms with Crippen LogP contribution >= 0.6 is 0 Å². The predicted molar refractivity (Wildman–Crippen MR) is 84.6 cm³/mol. The number of aromatic amines is 1. The van der Waals surface area contributed by atoms with Gasteiger partial charge in [-0.3, -0.25) is 9.59 Å². The van der Waals surface area contributed by atoms with Crippen LogP contribution in [-0.2, 0) is 20.7 Å². The minimum absolute atomic E-state index is 0.0840. The number of fused-ring (bicyclic) bond motifs is 1. The van der Waals surface area contributed by atoms with Gasteiger partial charge in [0.2, 0.25) is 11.8 Å². The van der Waals surface area contributed by atoms with Gasteiger partial charge in [-0.1, -0.05) is 0 Å². The van der Waals surface area contributed by atoms with Gasteiger partial charge >= 0.3 is 0 Å². The molecule has 0 aliphatic carbocycles. The number of methoxy groups -OCH3 is 1. The summed E-state index contributed by atoms with van der Waals surface area (Å²) in [5.74, 6) is -0.923. The Bertz CT molecular complexity index is 712. The molecule has 0 spiro atoms. The standard InChI is InChI=1S/C16H20FN3O3/c1-10-12(13-7-11(17)3-4-14(13)20-10)8-15(21)19-9-16(22)18-5-6-23-2/h3-4,7,20H,5-6,8-9H2,1-2H3,(H,18,22)(H,19,21). The zero-order valence-corrected chi connectivity index (χ0v) is 13.2. The highest BCUT2D eigenvalue weighted by molar-refractivity contribution is 5.91. The lowest BCUT2D eigenvalue weighted by atomic mass is 10.1. The zero-order valence-electron chi connectivity index (χ0n) is 13.2. The zero-order chi connectivity index (χ0) is 16.8. The maximum absolute atomic E-state index is 13.4. The number of amides is 2. The fraction of sp³-hybridized carbons (Fsp3) is 0.375. The highest BCUT2D eigenvalue weighted by atomic mass is 19.1. The van der Waals surface area contributed by atoms with Gasteiger partial charge in [-0.05, 0) is 30.7 Å². The van der Waals surface area contributed by atoms with Crippen molar-refractivity contribution in [2.45, 2.75) is 13.3 Å². The van der Waals surface area contributed by atoms with Crippen molar-refractivity contribution in [3.05, 3.63) is 35.3 Å². The molecule has 0 aliphatic heterocycles. The SMILES string of the molecule is COCCNC(=O)CNC(=O)Cc1c(C)[nH]c2ccc(F)cc12. The second kappa shape index (κ2) is 7.73. The van der Waals surface area contributed by atoms with Crippen molar-refractivity contribution in [3.63, 3.8) is 0 Å². The number of aryl methyl sites for hydroxylation is 1. The first-order valence-corrected chi connectivity index (χ1v) is 7.30. The second-order valence-electron chi connectivity index (χ2n) is 5.21. The first-order chi connectivity index (χ1) is 11.0. The number of aromatic nitrogens is 1. The van der Waals surface area contributed by atoms with Crippen LogP contribution in [0.5, 0.6) is 0 Å². The Morgan fingerprint density at radius 3 is 2.78 bits per heavy atom. The van der Waals surface area contributed by atoms with E-state index in [0.29, 0.717) is 18.5 Å². The third kappa shape index (κ3) is 4.53. The van der Waals surface area contributed by atoms with E-state index in [-0.39, 0.29) is 30.6 Å². The molecule has 7 heteroatoms. The average molecular weight is 321 g/mol. The maximum atomic E-state index is 13.4. The Balaban J connectivity index is 1.94. The third-order valence-corrected chi connectivity index (χ3v) is 3.49. The number of carbonyl (C=O) groups is 2. The molecule has 0 atom stereocenters. The Hall–Kier alpha value is -2.41. The summed E-state index contributed by atoms with van der Waals surface area (Å²) in [4.78, 5) is 26.6. The van der Waals surface area contributed by atoms with Crippen LogP contribution in [0.2, 0.25) is 0 Å². The number of benzene rings is 1. The van der Waals surface area contributed by atoms with Crippen molar-refractivity contribution in [2.24, 2.45) is 0 Å². The van der Waals surface area contributed by atoms with Gasteiger partial charge in [-0.25, -0.2) is 4.39 Å². The molecule has 1 aromatic carbocycles. The van der Waals surface area contributed by atoms with Crippen molar-refractivity contribution in [3.8, 4) is 0 Å². The summed E-state index contributed by atoms with van der Waals surface area (Å²) in [6.07, 6.45) is 0.0840. The average Bonchev–Trinajstić information content (AvgIpc) is 2.81. The summed E-state index contributed by atoms with van der Waals surface area (Å²) in [5, 5.41) is 5.85. The number of halogens is 1. The summed E-state index contributed by atoms with van der Waals surface area (Å²) in [5.41, 5.74) is 2.33. The van der Waals surface area contributed by atoms with E-state index < -0.39 is 0 Å². The van der Waals surface area contributed by atoms with E-state index in [0.717, 1.165) is 16.8 Å². The fourth-order valence-electron chi connectivity index (χ4n) is 2.34. The maximum Gasteiger partial charge on any atom is 0.239 e. The molecule has 1 heterocycles. The van der Waals surface area contributed by atoms with E-state index in [1.807, 2.05) is 6.92 Å². The predicted octanol–water partition coefficient (Wildman–Crippen LogP) is 1.04. The number of hydrogen-bond acceptors (Lipinski definition) is 3. The van der Waals surface area contributed by atoms with Gasteiger partial charge < -0.3 is 20.4 Å². The van der Waals surface area contributed by atoms with Crippen LogP contribution in [-0.4, -0.2) is 43.6 Å². The number of carbonyl (C=O) groups excluding carboxylic acids is 2. The molecule has 0 radical (unpaired) electrons. The number of H-pyrrole nitrogens is 1. The van der Waals surface area contributed by atoms with Gasteiger partial charge in [0.25, 0.3) is 0 Å². The Morgan fingerprint density at radius 2 is 2.04 bits per heavy atom. The summed E-state index contributed by atoms with van der Waals surface area (Å²) in [7, 11) is 1.54. The Labute approximate surface area is 133 Å². The molecular weight excluding hydrogens is 301 g/mol. The Kier molecular flexibility index (Phi) is 5.70. The topological polar surface area (TPSA) is 83.2 Å². The summed E-state index contributed by atoms with van der Waals surface area (Å²) >= 11 is 0.